The molecule has 1 N–H and O–H groups in total. The number of rotatable bonds is 5. The van der Waals surface area contributed by atoms with Crippen molar-refractivity contribution in [3.05, 3.63) is 11.6 Å². The van der Waals surface area contributed by atoms with Crippen LogP contribution in [-0.4, -0.2) is 47.7 Å². The minimum Gasteiger partial charge on any atom is -0.377 e. The van der Waals surface area contributed by atoms with Crippen molar-refractivity contribution in [3.63, 3.8) is 0 Å². The van der Waals surface area contributed by atoms with E-state index in [4.69, 9.17) is 4.74 Å². The summed E-state index contributed by atoms with van der Waals surface area (Å²) in [5.41, 5.74) is 0. The van der Waals surface area contributed by atoms with E-state index < -0.39 is 10.2 Å². The van der Waals surface area contributed by atoms with Gasteiger partial charge in [-0.1, -0.05) is 13.8 Å². The van der Waals surface area contributed by atoms with Crippen LogP contribution in [0.3, 0.4) is 0 Å². The Morgan fingerprint density at radius 1 is 1.29 bits per heavy atom. The molecule has 0 saturated carbocycles. The monoisotopic (exact) mass is 357 g/mol. The van der Waals surface area contributed by atoms with Gasteiger partial charge < -0.3 is 4.74 Å². The van der Waals surface area contributed by atoms with Crippen LogP contribution >= 0.6 is 0 Å². The van der Waals surface area contributed by atoms with Crippen LogP contribution in [0.2, 0.25) is 0 Å². The van der Waals surface area contributed by atoms with E-state index >= 15 is 0 Å². The minimum absolute atomic E-state index is 0.325. The summed E-state index contributed by atoms with van der Waals surface area (Å²) >= 11 is 0. The lowest BCUT2D eigenvalue weighted by atomic mass is 9.94. The molecule has 0 bridgehead atoms. The van der Waals surface area contributed by atoms with Gasteiger partial charge in [0.15, 0.2) is 5.82 Å². The highest BCUT2D eigenvalue weighted by Gasteiger charge is 2.34. The maximum Gasteiger partial charge on any atom is 0.280 e. The highest BCUT2D eigenvalue weighted by molar-refractivity contribution is 7.87. The fourth-order valence-corrected chi connectivity index (χ4v) is 5.39. The number of aromatic nitrogens is 3. The standard InChI is InChI=1S/C15H27N5O3S/c1-11-7-12(2)9-19(8-11)24(21,22)18-13-5-4-6-20-15(13)16-14(17-20)10-23-3/h11-13,18H,4-10H2,1-3H3/t11-,12+,13-/m0/s1. The molecule has 1 fully saturated rings. The van der Waals surface area contributed by atoms with Crippen LogP contribution in [0.4, 0.5) is 0 Å². The topological polar surface area (TPSA) is 89.3 Å². The van der Waals surface area contributed by atoms with Crippen molar-refractivity contribution in [1.29, 1.82) is 0 Å². The van der Waals surface area contributed by atoms with Crippen LogP contribution in [-0.2, 0) is 28.1 Å². The van der Waals surface area contributed by atoms with Crippen molar-refractivity contribution in [2.45, 2.75) is 52.3 Å². The van der Waals surface area contributed by atoms with Gasteiger partial charge in [-0.3, -0.25) is 0 Å². The molecular formula is C15H27N5O3S. The Morgan fingerprint density at radius 2 is 2.00 bits per heavy atom. The summed E-state index contributed by atoms with van der Waals surface area (Å²) in [6.07, 6.45) is 2.69. The summed E-state index contributed by atoms with van der Waals surface area (Å²) in [6.45, 7) is 6.46. The molecule has 0 aromatic carbocycles. The third-order valence-electron chi connectivity index (χ3n) is 4.66. The van der Waals surface area contributed by atoms with Gasteiger partial charge in [0.1, 0.15) is 12.4 Å². The summed E-state index contributed by atoms with van der Waals surface area (Å²) in [7, 11) is -1.93. The van der Waals surface area contributed by atoms with E-state index in [0.29, 0.717) is 43.2 Å². The molecular weight excluding hydrogens is 330 g/mol. The second kappa shape index (κ2) is 7.07. The largest absolute Gasteiger partial charge is 0.377 e. The number of nitrogens with zero attached hydrogens (tertiary/aromatic N) is 4. The Hall–Kier alpha value is -1.03. The number of fused-ring (bicyclic) bond motifs is 1. The van der Waals surface area contributed by atoms with E-state index in [1.807, 2.05) is 0 Å². The van der Waals surface area contributed by atoms with Gasteiger partial charge in [0.2, 0.25) is 0 Å². The first-order valence-electron chi connectivity index (χ1n) is 8.59. The lowest BCUT2D eigenvalue weighted by Crippen LogP contribution is -2.49. The quantitative estimate of drug-likeness (QED) is 0.851. The number of hydrogen-bond acceptors (Lipinski definition) is 5. The molecule has 1 aromatic rings. The third kappa shape index (κ3) is 3.79. The molecule has 1 saturated heterocycles. The smallest absolute Gasteiger partial charge is 0.280 e. The van der Waals surface area contributed by atoms with Crippen LogP contribution in [0.15, 0.2) is 0 Å². The van der Waals surface area contributed by atoms with Crippen LogP contribution in [0, 0.1) is 11.8 Å². The fraction of sp³-hybridized carbons (Fsp3) is 0.867. The number of ether oxygens (including phenoxy) is 1. The first kappa shape index (κ1) is 17.8. The zero-order chi connectivity index (χ0) is 17.3. The van der Waals surface area contributed by atoms with Crippen molar-refractivity contribution in [2.75, 3.05) is 20.2 Å². The molecule has 3 heterocycles. The Morgan fingerprint density at radius 3 is 2.67 bits per heavy atom. The van der Waals surface area contributed by atoms with Gasteiger partial charge in [-0.25, -0.2) is 9.67 Å². The van der Waals surface area contributed by atoms with E-state index in [1.165, 1.54) is 0 Å². The van der Waals surface area contributed by atoms with Gasteiger partial charge in [0.05, 0.1) is 6.04 Å². The molecule has 136 valence electrons. The highest BCUT2D eigenvalue weighted by Crippen LogP contribution is 2.27. The Labute approximate surface area is 143 Å². The van der Waals surface area contributed by atoms with E-state index in [2.05, 4.69) is 28.7 Å². The second-order valence-corrected chi connectivity index (χ2v) is 8.83. The number of hydrogen-bond donors (Lipinski definition) is 1. The number of nitrogens with one attached hydrogen (secondary N) is 1. The van der Waals surface area contributed by atoms with Gasteiger partial charge in [-0.15, -0.1) is 0 Å². The highest BCUT2D eigenvalue weighted by atomic mass is 32.2. The number of aryl methyl sites for hydroxylation is 1. The van der Waals surface area contributed by atoms with Crippen LogP contribution in [0.1, 0.15) is 50.8 Å². The summed E-state index contributed by atoms with van der Waals surface area (Å²) in [5.74, 6) is 2.05. The van der Waals surface area contributed by atoms with Crippen molar-refractivity contribution < 1.29 is 13.2 Å². The second-order valence-electron chi connectivity index (χ2n) is 7.12. The van der Waals surface area contributed by atoms with Crippen molar-refractivity contribution in [3.8, 4) is 0 Å². The lowest BCUT2D eigenvalue weighted by molar-refractivity contribution is 0.177. The van der Waals surface area contributed by atoms with Gasteiger partial charge in [-0.2, -0.15) is 22.5 Å². The Balaban J connectivity index is 1.76. The van der Waals surface area contributed by atoms with Crippen LogP contribution < -0.4 is 4.72 Å². The molecule has 0 spiro atoms. The molecule has 0 amide bonds. The van der Waals surface area contributed by atoms with Gasteiger partial charge in [0, 0.05) is 26.7 Å². The predicted molar refractivity (Wildman–Crippen MR) is 89.3 cm³/mol. The number of methoxy groups -OCH3 is 1. The molecule has 2 aliphatic rings. The molecule has 2 aliphatic heterocycles. The fourth-order valence-electron chi connectivity index (χ4n) is 3.76. The van der Waals surface area contributed by atoms with Crippen LogP contribution in [0.25, 0.3) is 0 Å². The SMILES string of the molecule is COCc1nc2n(n1)CCC[C@@H]2NS(=O)(=O)N1C[C@H](C)C[C@H](C)C1. The first-order valence-corrected chi connectivity index (χ1v) is 10.0. The number of piperidine rings is 1. The van der Waals surface area contributed by atoms with E-state index in [9.17, 15) is 8.42 Å². The van der Waals surface area contributed by atoms with Crippen molar-refractivity contribution in [1.82, 2.24) is 23.8 Å². The zero-order valence-corrected chi connectivity index (χ0v) is 15.4. The van der Waals surface area contributed by atoms with Crippen molar-refractivity contribution >= 4 is 10.2 Å². The molecule has 9 heteroatoms. The van der Waals surface area contributed by atoms with E-state index in [1.54, 1.807) is 16.1 Å². The van der Waals surface area contributed by atoms with Crippen LogP contribution in [0.5, 0.6) is 0 Å². The lowest BCUT2D eigenvalue weighted by Gasteiger charge is -2.35. The maximum absolute atomic E-state index is 12.8. The molecule has 3 rings (SSSR count). The molecule has 24 heavy (non-hydrogen) atoms. The molecule has 0 unspecified atom stereocenters. The van der Waals surface area contributed by atoms with E-state index in [0.717, 1.165) is 25.8 Å². The van der Waals surface area contributed by atoms with Gasteiger partial charge in [-0.05, 0) is 31.1 Å². The molecule has 1 aromatic heterocycles. The minimum atomic E-state index is -3.52. The zero-order valence-electron chi connectivity index (χ0n) is 14.6. The molecule has 0 aliphatic carbocycles. The van der Waals surface area contributed by atoms with E-state index in [-0.39, 0.29) is 6.04 Å². The molecule has 3 atom stereocenters. The van der Waals surface area contributed by atoms with Gasteiger partial charge in [0.25, 0.3) is 10.2 Å². The Kier molecular flexibility index (Phi) is 5.24. The average molecular weight is 357 g/mol. The molecule has 8 nitrogen and oxygen atoms in total. The Bertz CT molecular complexity index is 665. The summed E-state index contributed by atoms with van der Waals surface area (Å²) in [4.78, 5) is 4.46. The summed E-state index contributed by atoms with van der Waals surface area (Å²) in [6, 6.07) is -0.325. The maximum atomic E-state index is 12.8. The van der Waals surface area contributed by atoms with Crippen molar-refractivity contribution in [2.24, 2.45) is 11.8 Å². The average Bonchev–Trinajstić information content (AvgIpc) is 2.90. The summed E-state index contributed by atoms with van der Waals surface area (Å²) < 4.78 is 36.9. The van der Waals surface area contributed by atoms with Gasteiger partial charge >= 0.3 is 0 Å². The predicted octanol–water partition coefficient (Wildman–Crippen LogP) is 1.07. The third-order valence-corrected chi connectivity index (χ3v) is 6.22. The normalized spacial score (nSPS) is 28.7. The molecule has 0 radical (unpaired) electrons. The first-order chi connectivity index (χ1) is 11.4. The summed E-state index contributed by atoms with van der Waals surface area (Å²) in [5, 5.41) is 4.39.